The summed E-state index contributed by atoms with van der Waals surface area (Å²) in [6.07, 6.45) is 6.03. The molecular formula is C12H23ClO2S. The smallest absolute Gasteiger partial charge is 0.129 e. The number of unbranched alkanes of at least 4 members (excludes halogenated alkanes) is 1. The van der Waals surface area contributed by atoms with E-state index in [0.717, 1.165) is 25.0 Å². The molecule has 0 aromatic heterocycles. The SMILES string of the molecule is CC(=O)CCCCCl.CC1(O)CCCCS1. The summed E-state index contributed by atoms with van der Waals surface area (Å²) in [4.78, 5) is 9.87. The van der Waals surface area contributed by atoms with Crippen LogP contribution in [0, 0.1) is 0 Å². The van der Waals surface area contributed by atoms with E-state index in [2.05, 4.69) is 0 Å². The first kappa shape index (κ1) is 16.3. The van der Waals surface area contributed by atoms with Gasteiger partial charge in [0.25, 0.3) is 0 Å². The second-order valence-electron chi connectivity index (χ2n) is 4.33. The van der Waals surface area contributed by atoms with Gasteiger partial charge in [-0.3, -0.25) is 0 Å². The van der Waals surface area contributed by atoms with Crippen LogP contribution in [-0.4, -0.2) is 27.5 Å². The lowest BCUT2D eigenvalue weighted by Gasteiger charge is -2.26. The molecule has 0 amide bonds. The van der Waals surface area contributed by atoms with Crippen molar-refractivity contribution < 1.29 is 9.90 Å². The monoisotopic (exact) mass is 266 g/mol. The van der Waals surface area contributed by atoms with Crippen molar-refractivity contribution in [3.63, 3.8) is 0 Å². The molecular weight excluding hydrogens is 244 g/mol. The summed E-state index contributed by atoms with van der Waals surface area (Å²) in [5, 5.41) is 9.34. The summed E-state index contributed by atoms with van der Waals surface area (Å²) in [7, 11) is 0. The van der Waals surface area contributed by atoms with E-state index in [1.165, 1.54) is 12.8 Å². The Bertz CT molecular complexity index is 187. The Balaban J connectivity index is 0.000000281. The highest BCUT2D eigenvalue weighted by Crippen LogP contribution is 2.32. The molecule has 1 aliphatic rings. The van der Waals surface area contributed by atoms with Crippen molar-refractivity contribution in [2.75, 3.05) is 11.6 Å². The van der Waals surface area contributed by atoms with Crippen molar-refractivity contribution in [2.45, 2.75) is 57.3 Å². The normalized spacial score (nSPS) is 24.5. The number of carbonyl (C=O) groups is 1. The van der Waals surface area contributed by atoms with Crippen molar-refractivity contribution in [3.8, 4) is 0 Å². The van der Waals surface area contributed by atoms with E-state index in [1.807, 2.05) is 6.92 Å². The fourth-order valence-electron chi connectivity index (χ4n) is 1.39. The topological polar surface area (TPSA) is 37.3 Å². The summed E-state index contributed by atoms with van der Waals surface area (Å²) in [5.41, 5.74) is 0. The predicted molar refractivity (Wildman–Crippen MR) is 72.2 cm³/mol. The molecule has 0 aromatic rings. The largest absolute Gasteiger partial charge is 0.380 e. The predicted octanol–water partition coefficient (Wildman–Crippen LogP) is 3.60. The van der Waals surface area contributed by atoms with E-state index in [1.54, 1.807) is 18.7 Å². The third-order valence-electron chi connectivity index (χ3n) is 2.36. The van der Waals surface area contributed by atoms with Gasteiger partial charge in [-0.15, -0.1) is 23.4 Å². The Morgan fingerprint density at radius 3 is 2.44 bits per heavy atom. The molecule has 1 N–H and O–H groups in total. The van der Waals surface area contributed by atoms with Gasteiger partial charge in [-0.05, 0) is 51.7 Å². The summed E-state index contributed by atoms with van der Waals surface area (Å²) >= 11 is 7.05. The van der Waals surface area contributed by atoms with Gasteiger partial charge in [0.05, 0.1) is 0 Å². The number of Topliss-reactive ketones (excluding diaryl/α,β-unsaturated/α-hetero) is 1. The number of thioether (sulfide) groups is 1. The highest BCUT2D eigenvalue weighted by Gasteiger charge is 2.22. The maximum Gasteiger partial charge on any atom is 0.129 e. The molecule has 1 fully saturated rings. The van der Waals surface area contributed by atoms with Gasteiger partial charge < -0.3 is 9.90 Å². The first-order chi connectivity index (χ1) is 7.48. The number of carbonyl (C=O) groups excluding carboxylic acids is 1. The van der Waals surface area contributed by atoms with E-state index < -0.39 is 4.93 Å². The highest BCUT2D eigenvalue weighted by molar-refractivity contribution is 8.00. The molecule has 1 rings (SSSR count). The molecule has 1 saturated heterocycles. The standard InChI is InChI=1S/C6H11ClO.C6H12OS/c1-6(8)4-2-3-5-7;1-6(7)4-2-3-5-8-6/h2-5H2,1H3;7H,2-5H2,1H3. The van der Waals surface area contributed by atoms with Gasteiger partial charge in [0.2, 0.25) is 0 Å². The van der Waals surface area contributed by atoms with Crippen LogP contribution in [0.1, 0.15) is 52.4 Å². The molecule has 0 radical (unpaired) electrons. The van der Waals surface area contributed by atoms with Crippen LogP contribution < -0.4 is 0 Å². The molecule has 2 nitrogen and oxygen atoms in total. The number of hydrogen-bond acceptors (Lipinski definition) is 3. The maximum absolute atomic E-state index is 10.3. The van der Waals surface area contributed by atoms with Crippen LogP contribution in [0.25, 0.3) is 0 Å². The van der Waals surface area contributed by atoms with Crippen LogP contribution in [-0.2, 0) is 4.79 Å². The van der Waals surface area contributed by atoms with Crippen molar-refractivity contribution in [2.24, 2.45) is 0 Å². The van der Waals surface area contributed by atoms with E-state index in [-0.39, 0.29) is 5.78 Å². The van der Waals surface area contributed by atoms with E-state index in [9.17, 15) is 9.90 Å². The zero-order valence-corrected chi connectivity index (χ0v) is 11.9. The number of aliphatic hydroxyl groups is 1. The second kappa shape index (κ2) is 9.32. The zero-order chi connectivity index (χ0) is 12.4. The second-order valence-corrected chi connectivity index (χ2v) is 6.28. The first-order valence-electron chi connectivity index (χ1n) is 5.89. The van der Waals surface area contributed by atoms with Crippen molar-refractivity contribution >= 4 is 29.1 Å². The number of hydrogen-bond donors (Lipinski definition) is 1. The average Bonchev–Trinajstić information content (AvgIpc) is 2.18. The highest BCUT2D eigenvalue weighted by atomic mass is 35.5. The Hall–Kier alpha value is 0.270. The van der Waals surface area contributed by atoms with Crippen LogP contribution in [0.2, 0.25) is 0 Å². The van der Waals surface area contributed by atoms with Crippen molar-refractivity contribution in [1.82, 2.24) is 0 Å². The van der Waals surface area contributed by atoms with Gasteiger partial charge in [0, 0.05) is 12.3 Å². The Morgan fingerprint density at radius 2 is 2.12 bits per heavy atom. The molecule has 16 heavy (non-hydrogen) atoms. The third kappa shape index (κ3) is 10.8. The van der Waals surface area contributed by atoms with Crippen LogP contribution in [0.5, 0.6) is 0 Å². The average molecular weight is 267 g/mol. The number of alkyl halides is 1. The van der Waals surface area contributed by atoms with Crippen molar-refractivity contribution in [1.29, 1.82) is 0 Å². The molecule has 1 heterocycles. The summed E-state index contributed by atoms with van der Waals surface area (Å²) in [6, 6.07) is 0. The minimum atomic E-state index is -0.405. The van der Waals surface area contributed by atoms with Crippen LogP contribution in [0.4, 0.5) is 0 Å². The Labute approximate surface area is 108 Å². The molecule has 0 aliphatic carbocycles. The zero-order valence-electron chi connectivity index (χ0n) is 10.3. The van der Waals surface area contributed by atoms with Gasteiger partial charge in [0.15, 0.2) is 0 Å². The molecule has 0 saturated carbocycles. The summed E-state index contributed by atoms with van der Waals surface area (Å²) in [5.74, 6) is 2.07. The lowest BCUT2D eigenvalue weighted by molar-refractivity contribution is -0.117. The lowest BCUT2D eigenvalue weighted by Crippen LogP contribution is -2.22. The minimum Gasteiger partial charge on any atom is -0.380 e. The van der Waals surface area contributed by atoms with Crippen molar-refractivity contribution in [3.05, 3.63) is 0 Å². The number of halogens is 1. The molecule has 1 unspecified atom stereocenters. The summed E-state index contributed by atoms with van der Waals surface area (Å²) < 4.78 is 0. The summed E-state index contributed by atoms with van der Waals surface area (Å²) in [6.45, 7) is 3.51. The van der Waals surface area contributed by atoms with Gasteiger partial charge in [-0.1, -0.05) is 0 Å². The molecule has 1 aliphatic heterocycles. The Morgan fingerprint density at radius 1 is 1.44 bits per heavy atom. The van der Waals surface area contributed by atoms with Crippen LogP contribution in [0.3, 0.4) is 0 Å². The van der Waals surface area contributed by atoms with Gasteiger partial charge >= 0.3 is 0 Å². The molecule has 0 aromatic carbocycles. The van der Waals surface area contributed by atoms with E-state index >= 15 is 0 Å². The fraction of sp³-hybridized carbons (Fsp3) is 0.917. The third-order valence-corrected chi connectivity index (χ3v) is 3.95. The van der Waals surface area contributed by atoms with E-state index in [0.29, 0.717) is 12.3 Å². The molecule has 4 heteroatoms. The lowest BCUT2D eigenvalue weighted by atomic mass is 10.2. The Kier molecular flexibility index (Phi) is 9.47. The van der Waals surface area contributed by atoms with Gasteiger partial charge in [0.1, 0.15) is 10.7 Å². The minimum absolute atomic E-state index is 0.259. The first-order valence-corrected chi connectivity index (χ1v) is 7.42. The number of ketones is 1. The molecule has 0 bridgehead atoms. The quantitative estimate of drug-likeness (QED) is 0.624. The fourth-order valence-corrected chi connectivity index (χ4v) is 2.65. The van der Waals surface area contributed by atoms with Gasteiger partial charge in [-0.2, -0.15) is 0 Å². The molecule has 1 atom stereocenters. The molecule has 0 spiro atoms. The van der Waals surface area contributed by atoms with Crippen LogP contribution >= 0.6 is 23.4 Å². The maximum atomic E-state index is 10.3. The van der Waals surface area contributed by atoms with Crippen LogP contribution in [0.15, 0.2) is 0 Å². The van der Waals surface area contributed by atoms with E-state index in [4.69, 9.17) is 11.6 Å². The number of rotatable bonds is 4. The molecule has 96 valence electrons. The van der Waals surface area contributed by atoms with Gasteiger partial charge in [-0.25, -0.2) is 0 Å².